The highest BCUT2D eigenvalue weighted by Gasteiger charge is 2.34. The molecule has 1 aromatic rings. The third-order valence-corrected chi connectivity index (χ3v) is 3.85. The van der Waals surface area contributed by atoms with Gasteiger partial charge in [0.1, 0.15) is 0 Å². The Bertz CT molecular complexity index is 490. The fraction of sp³-hybridized carbons (Fsp3) is 0.429. The van der Waals surface area contributed by atoms with Gasteiger partial charge in [0.25, 0.3) is 0 Å². The number of nitrogens with one attached hydrogen (secondary N) is 1. The summed E-state index contributed by atoms with van der Waals surface area (Å²) in [6.45, 7) is 7.77. The standard InChI is InChI=1S/C14H17N3/c1-3-17-14-6-12-10-4-9(7-16-8-10)11(12)5-13(14)15-2/h3,5-6,9-10,16H,2,4,7-8H2,1H3. The van der Waals surface area contributed by atoms with Crippen LogP contribution < -0.4 is 5.32 Å². The first-order valence-corrected chi connectivity index (χ1v) is 6.17. The number of rotatable bonds is 2. The van der Waals surface area contributed by atoms with Gasteiger partial charge in [-0.15, -0.1) is 0 Å². The smallest absolute Gasteiger partial charge is 0.0884 e. The van der Waals surface area contributed by atoms with E-state index in [9.17, 15) is 0 Å². The lowest BCUT2D eigenvalue weighted by Gasteiger charge is -2.19. The number of aliphatic imine (C=N–C) groups is 2. The van der Waals surface area contributed by atoms with Crippen molar-refractivity contribution in [2.45, 2.75) is 25.2 Å². The number of hydrogen-bond acceptors (Lipinski definition) is 3. The molecule has 3 nitrogen and oxygen atoms in total. The lowest BCUT2D eigenvalue weighted by molar-refractivity contribution is 0.454. The lowest BCUT2D eigenvalue weighted by Crippen LogP contribution is -2.28. The molecular weight excluding hydrogens is 210 g/mol. The van der Waals surface area contributed by atoms with Crippen LogP contribution in [0.3, 0.4) is 0 Å². The monoisotopic (exact) mass is 227 g/mol. The van der Waals surface area contributed by atoms with Gasteiger partial charge in [-0.25, -0.2) is 0 Å². The molecule has 17 heavy (non-hydrogen) atoms. The molecule has 2 bridgehead atoms. The van der Waals surface area contributed by atoms with E-state index in [0.717, 1.165) is 24.5 Å². The zero-order valence-electron chi connectivity index (χ0n) is 10.1. The molecule has 2 unspecified atom stereocenters. The lowest BCUT2D eigenvalue weighted by atomic mass is 9.98. The van der Waals surface area contributed by atoms with Gasteiger partial charge in [0.15, 0.2) is 0 Å². The average Bonchev–Trinajstić information content (AvgIpc) is 2.61. The van der Waals surface area contributed by atoms with Crippen molar-refractivity contribution in [1.82, 2.24) is 5.32 Å². The fourth-order valence-electron chi connectivity index (χ4n) is 3.10. The van der Waals surface area contributed by atoms with Crippen LogP contribution in [0.15, 0.2) is 22.1 Å². The molecule has 0 spiro atoms. The number of fused-ring (bicyclic) bond motifs is 5. The summed E-state index contributed by atoms with van der Waals surface area (Å²) in [4.78, 5) is 8.49. The third-order valence-electron chi connectivity index (χ3n) is 3.85. The first-order chi connectivity index (χ1) is 8.33. The predicted molar refractivity (Wildman–Crippen MR) is 72.4 cm³/mol. The molecule has 1 aliphatic carbocycles. The Labute approximate surface area is 102 Å². The Morgan fingerprint density at radius 3 is 2.47 bits per heavy atom. The van der Waals surface area contributed by atoms with Crippen molar-refractivity contribution >= 4 is 24.3 Å². The van der Waals surface area contributed by atoms with Gasteiger partial charge in [-0.05, 0) is 55.2 Å². The molecule has 1 aliphatic heterocycles. The Morgan fingerprint density at radius 2 is 1.88 bits per heavy atom. The highest BCUT2D eigenvalue weighted by molar-refractivity contribution is 5.73. The fourth-order valence-corrected chi connectivity index (χ4v) is 3.10. The second-order valence-corrected chi connectivity index (χ2v) is 4.80. The van der Waals surface area contributed by atoms with Crippen molar-refractivity contribution in [3.63, 3.8) is 0 Å². The van der Waals surface area contributed by atoms with Crippen LogP contribution in [0, 0.1) is 0 Å². The topological polar surface area (TPSA) is 36.8 Å². The number of piperidine rings is 1. The van der Waals surface area contributed by atoms with Gasteiger partial charge in [0, 0.05) is 19.3 Å². The summed E-state index contributed by atoms with van der Waals surface area (Å²) in [6.07, 6.45) is 3.09. The van der Waals surface area contributed by atoms with E-state index in [1.807, 2.05) is 13.1 Å². The van der Waals surface area contributed by atoms with Gasteiger partial charge < -0.3 is 5.32 Å². The van der Waals surface area contributed by atoms with E-state index < -0.39 is 0 Å². The van der Waals surface area contributed by atoms with Crippen molar-refractivity contribution in [3.8, 4) is 0 Å². The molecule has 1 heterocycles. The quantitative estimate of drug-likeness (QED) is 0.775. The van der Waals surface area contributed by atoms with E-state index >= 15 is 0 Å². The van der Waals surface area contributed by atoms with Crippen LogP contribution >= 0.6 is 0 Å². The molecule has 1 fully saturated rings. The van der Waals surface area contributed by atoms with Gasteiger partial charge >= 0.3 is 0 Å². The molecule has 0 radical (unpaired) electrons. The second kappa shape index (κ2) is 4.08. The van der Waals surface area contributed by atoms with E-state index in [1.165, 1.54) is 17.5 Å². The highest BCUT2D eigenvalue weighted by Crippen LogP contribution is 2.47. The number of benzene rings is 1. The van der Waals surface area contributed by atoms with Crippen LogP contribution in [0.1, 0.15) is 36.3 Å². The van der Waals surface area contributed by atoms with Gasteiger partial charge in [0.2, 0.25) is 0 Å². The predicted octanol–water partition coefficient (Wildman–Crippen LogP) is 2.92. The van der Waals surface area contributed by atoms with E-state index in [0.29, 0.717) is 11.8 Å². The average molecular weight is 227 g/mol. The van der Waals surface area contributed by atoms with E-state index in [1.54, 1.807) is 0 Å². The molecule has 3 rings (SSSR count). The normalized spacial score (nSPS) is 26.2. The number of hydrogen-bond donors (Lipinski definition) is 1. The number of nitrogens with zero attached hydrogens (tertiary/aromatic N) is 2. The van der Waals surface area contributed by atoms with Crippen LogP contribution in [0.4, 0.5) is 11.4 Å². The molecular formula is C14H17N3. The summed E-state index contributed by atoms with van der Waals surface area (Å²) in [5, 5.41) is 3.50. The molecule has 1 N–H and O–H groups in total. The Hall–Kier alpha value is -1.48. The van der Waals surface area contributed by atoms with Crippen LogP contribution in [-0.2, 0) is 0 Å². The third kappa shape index (κ3) is 1.62. The van der Waals surface area contributed by atoms with E-state index in [4.69, 9.17) is 0 Å². The van der Waals surface area contributed by atoms with E-state index in [-0.39, 0.29) is 0 Å². The van der Waals surface area contributed by atoms with Crippen LogP contribution in [0.25, 0.3) is 0 Å². The zero-order valence-corrected chi connectivity index (χ0v) is 10.1. The van der Waals surface area contributed by atoms with Gasteiger partial charge in [-0.3, -0.25) is 9.98 Å². The van der Waals surface area contributed by atoms with Crippen molar-refractivity contribution in [2.75, 3.05) is 13.1 Å². The largest absolute Gasteiger partial charge is 0.316 e. The maximum atomic E-state index is 4.39. The summed E-state index contributed by atoms with van der Waals surface area (Å²) >= 11 is 0. The molecule has 2 aliphatic rings. The molecule has 88 valence electrons. The molecule has 0 amide bonds. The minimum absolute atomic E-state index is 0.656. The maximum absolute atomic E-state index is 4.39. The maximum Gasteiger partial charge on any atom is 0.0884 e. The van der Waals surface area contributed by atoms with E-state index in [2.05, 4.69) is 34.2 Å². The highest BCUT2D eigenvalue weighted by atomic mass is 14.9. The summed E-state index contributed by atoms with van der Waals surface area (Å²) in [5.41, 5.74) is 4.79. The zero-order chi connectivity index (χ0) is 11.8. The minimum atomic E-state index is 0.656. The molecule has 1 saturated heterocycles. The molecule has 2 atom stereocenters. The van der Waals surface area contributed by atoms with Crippen LogP contribution in [-0.4, -0.2) is 26.0 Å². The van der Waals surface area contributed by atoms with Crippen molar-refractivity contribution in [2.24, 2.45) is 9.98 Å². The summed E-state index contributed by atoms with van der Waals surface area (Å²) in [6, 6.07) is 4.39. The summed E-state index contributed by atoms with van der Waals surface area (Å²) in [5.74, 6) is 1.32. The summed E-state index contributed by atoms with van der Waals surface area (Å²) in [7, 11) is 0. The molecule has 0 saturated carbocycles. The first-order valence-electron chi connectivity index (χ1n) is 6.17. The summed E-state index contributed by atoms with van der Waals surface area (Å²) < 4.78 is 0. The minimum Gasteiger partial charge on any atom is -0.316 e. The van der Waals surface area contributed by atoms with Crippen molar-refractivity contribution in [3.05, 3.63) is 23.3 Å². The van der Waals surface area contributed by atoms with Gasteiger partial charge in [-0.1, -0.05) is 0 Å². The second-order valence-electron chi connectivity index (χ2n) is 4.80. The molecule has 3 heteroatoms. The van der Waals surface area contributed by atoms with Crippen molar-refractivity contribution in [1.29, 1.82) is 0 Å². The Morgan fingerprint density at radius 1 is 1.24 bits per heavy atom. The Kier molecular flexibility index (Phi) is 2.56. The SMILES string of the molecule is C=Nc1cc2c(cc1N=CC)C1CNCC2C1. The first kappa shape index (κ1) is 10.7. The Balaban J connectivity index is 2.15. The molecule has 1 aromatic carbocycles. The van der Waals surface area contributed by atoms with Gasteiger partial charge in [0.05, 0.1) is 11.4 Å². The molecule has 0 aromatic heterocycles. The van der Waals surface area contributed by atoms with Crippen molar-refractivity contribution < 1.29 is 0 Å². The van der Waals surface area contributed by atoms with Crippen LogP contribution in [0.2, 0.25) is 0 Å². The van der Waals surface area contributed by atoms with Crippen LogP contribution in [0.5, 0.6) is 0 Å². The van der Waals surface area contributed by atoms with Gasteiger partial charge in [-0.2, -0.15) is 0 Å².